The minimum absolute atomic E-state index is 0.0807. The van der Waals surface area contributed by atoms with E-state index in [4.69, 9.17) is 4.74 Å². The first-order valence-corrected chi connectivity index (χ1v) is 9.51. The van der Waals surface area contributed by atoms with Gasteiger partial charge in [0.1, 0.15) is 5.75 Å². The highest BCUT2D eigenvalue weighted by molar-refractivity contribution is 7.92. The summed E-state index contributed by atoms with van der Waals surface area (Å²) in [5.74, 6) is 1.61. The van der Waals surface area contributed by atoms with Crippen molar-refractivity contribution in [3.63, 3.8) is 0 Å². The lowest BCUT2D eigenvalue weighted by atomic mass is 10.3. The number of nitrogens with zero attached hydrogens (tertiary/aromatic N) is 2. The SMILES string of the molecule is CCCCS(=O)(=O)Nc1ccc(Nc2ccc(OCC)cc2)nn1. The molecule has 2 aromatic rings. The number of hydrogen-bond acceptors (Lipinski definition) is 6. The van der Waals surface area contributed by atoms with E-state index in [1.54, 1.807) is 12.1 Å². The lowest BCUT2D eigenvalue weighted by Crippen LogP contribution is -2.17. The molecule has 0 atom stereocenters. The van der Waals surface area contributed by atoms with Crippen molar-refractivity contribution in [2.75, 3.05) is 22.4 Å². The Hall–Kier alpha value is -2.35. The third kappa shape index (κ3) is 5.69. The van der Waals surface area contributed by atoms with Crippen LogP contribution >= 0.6 is 0 Å². The van der Waals surface area contributed by atoms with Crippen LogP contribution in [-0.2, 0) is 10.0 Å². The molecule has 0 spiro atoms. The van der Waals surface area contributed by atoms with E-state index >= 15 is 0 Å². The molecule has 130 valence electrons. The maximum absolute atomic E-state index is 11.8. The highest BCUT2D eigenvalue weighted by Gasteiger charge is 2.10. The molecule has 0 fully saturated rings. The molecular formula is C16H22N4O3S. The summed E-state index contributed by atoms with van der Waals surface area (Å²) in [4.78, 5) is 0. The summed E-state index contributed by atoms with van der Waals surface area (Å²) in [5, 5.41) is 11.0. The topological polar surface area (TPSA) is 93.2 Å². The van der Waals surface area contributed by atoms with Gasteiger partial charge in [-0.15, -0.1) is 10.2 Å². The van der Waals surface area contributed by atoms with Crippen LogP contribution in [0, 0.1) is 0 Å². The second kappa shape index (κ2) is 8.49. The molecule has 2 N–H and O–H groups in total. The molecule has 8 heteroatoms. The second-order valence-corrected chi connectivity index (χ2v) is 7.00. The number of benzene rings is 1. The Kier molecular flexibility index (Phi) is 6.36. The molecule has 0 saturated heterocycles. The van der Waals surface area contributed by atoms with Crippen LogP contribution in [0.5, 0.6) is 5.75 Å². The zero-order valence-electron chi connectivity index (χ0n) is 13.8. The zero-order valence-corrected chi connectivity index (χ0v) is 14.6. The van der Waals surface area contributed by atoms with Crippen LogP contribution in [-0.4, -0.2) is 31.0 Å². The van der Waals surface area contributed by atoms with Gasteiger partial charge in [-0.25, -0.2) is 8.42 Å². The maximum atomic E-state index is 11.8. The highest BCUT2D eigenvalue weighted by atomic mass is 32.2. The van der Waals surface area contributed by atoms with Gasteiger partial charge in [-0.2, -0.15) is 0 Å². The van der Waals surface area contributed by atoms with Crippen LogP contribution in [0.4, 0.5) is 17.3 Å². The van der Waals surface area contributed by atoms with Crippen molar-refractivity contribution in [1.82, 2.24) is 10.2 Å². The minimum Gasteiger partial charge on any atom is -0.494 e. The fourth-order valence-corrected chi connectivity index (χ4v) is 3.15. The van der Waals surface area contributed by atoms with Crippen molar-refractivity contribution in [1.29, 1.82) is 0 Å². The van der Waals surface area contributed by atoms with Crippen molar-refractivity contribution >= 4 is 27.3 Å². The fourth-order valence-electron chi connectivity index (χ4n) is 1.95. The Morgan fingerprint density at radius 1 is 1.00 bits per heavy atom. The lowest BCUT2D eigenvalue weighted by molar-refractivity contribution is 0.340. The number of sulfonamides is 1. The first-order valence-electron chi connectivity index (χ1n) is 7.86. The summed E-state index contributed by atoms with van der Waals surface area (Å²) in [6, 6.07) is 10.7. The third-order valence-electron chi connectivity index (χ3n) is 3.13. The molecule has 0 aliphatic heterocycles. The van der Waals surface area contributed by atoms with E-state index < -0.39 is 10.0 Å². The van der Waals surface area contributed by atoms with Crippen LogP contribution in [0.25, 0.3) is 0 Å². The van der Waals surface area contributed by atoms with Crippen molar-refractivity contribution in [3.05, 3.63) is 36.4 Å². The van der Waals surface area contributed by atoms with Gasteiger partial charge < -0.3 is 10.1 Å². The molecule has 1 aromatic carbocycles. The van der Waals surface area contributed by atoms with Gasteiger partial charge in [0.05, 0.1) is 12.4 Å². The molecule has 0 aliphatic rings. The molecule has 0 saturated carbocycles. The summed E-state index contributed by atoms with van der Waals surface area (Å²) < 4.78 is 31.4. The Labute approximate surface area is 142 Å². The standard InChI is InChI=1S/C16H22N4O3S/c1-3-5-12-24(21,22)20-16-11-10-15(18-19-16)17-13-6-8-14(9-7-13)23-4-2/h6-11H,3-5,12H2,1-2H3,(H,17,18)(H,19,20). The number of unbranched alkanes of at least 4 members (excludes halogenated alkanes) is 1. The second-order valence-electron chi connectivity index (χ2n) is 5.16. The molecule has 0 aliphatic carbocycles. The zero-order chi connectivity index (χ0) is 17.4. The lowest BCUT2D eigenvalue weighted by Gasteiger charge is -2.08. The van der Waals surface area contributed by atoms with E-state index in [1.165, 1.54) is 0 Å². The average molecular weight is 350 g/mol. The van der Waals surface area contributed by atoms with E-state index in [2.05, 4.69) is 20.2 Å². The van der Waals surface area contributed by atoms with Crippen LogP contribution in [0.3, 0.4) is 0 Å². The summed E-state index contributed by atoms with van der Waals surface area (Å²) in [6.45, 7) is 4.49. The Morgan fingerprint density at radius 3 is 2.25 bits per heavy atom. The van der Waals surface area contributed by atoms with Gasteiger partial charge in [0.25, 0.3) is 0 Å². The van der Waals surface area contributed by atoms with Crippen LogP contribution in [0.15, 0.2) is 36.4 Å². The van der Waals surface area contributed by atoms with Crippen molar-refractivity contribution in [2.24, 2.45) is 0 Å². The van der Waals surface area contributed by atoms with Gasteiger partial charge >= 0.3 is 0 Å². The molecule has 1 aromatic heterocycles. The van der Waals surface area contributed by atoms with Crippen LogP contribution < -0.4 is 14.8 Å². The Bertz CT molecular complexity index is 731. The monoisotopic (exact) mass is 350 g/mol. The van der Waals surface area contributed by atoms with Crippen molar-refractivity contribution < 1.29 is 13.2 Å². The molecule has 24 heavy (non-hydrogen) atoms. The fraction of sp³-hybridized carbons (Fsp3) is 0.375. The molecule has 0 bridgehead atoms. The Balaban J connectivity index is 1.96. The Morgan fingerprint density at radius 2 is 1.67 bits per heavy atom. The van der Waals surface area contributed by atoms with E-state index in [1.807, 2.05) is 38.1 Å². The minimum atomic E-state index is -3.37. The number of aromatic nitrogens is 2. The third-order valence-corrected chi connectivity index (χ3v) is 4.48. The summed E-state index contributed by atoms with van der Waals surface area (Å²) in [6.07, 6.45) is 1.43. The van der Waals surface area contributed by atoms with Gasteiger partial charge in [-0.1, -0.05) is 13.3 Å². The van der Waals surface area contributed by atoms with E-state index in [9.17, 15) is 8.42 Å². The van der Waals surface area contributed by atoms with Crippen LogP contribution in [0.1, 0.15) is 26.7 Å². The highest BCUT2D eigenvalue weighted by Crippen LogP contribution is 2.19. The first-order chi connectivity index (χ1) is 11.5. The smallest absolute Gasteiger partial charge is 0.233 e. The molecule has 1 heterocycles. The number of nitrogens with one attached hydrogen (secondary N) is 2. The van der Waals surface area contributed by atoms with Gasteiger partial charge in [-0.05, 0) is 49.7 Å². The van der Waals surface area contributed by atoms with E-state index in [-0.39, 0.29) is 11.6 Å². The summed E-state index contributed by atoms with van der Waals surface area (Å²) >= 11 is 0. The van der Waals surface area contributed by atoms with E-state index in [0.29, 0.717) is 18.8 Å². The maximum Gasteiger partial charge on any atom is 0.233 e. The first kappa shape index (κ1) is 18.0. The largest absolute Gasteiger partial charge is 0.494 e. The molecule has 2 rings (SSSR count). The molecule has 7 nitrogen and oxygen atoms in total. The van der Waals surface area contributed by atoms with Gasteiger partial charge in [0.2, 0.25) is 10.0 Å². The van der Waals surface area contributed by atoms with Crippen LogP contribution in [0.2, 0.25) is 0 Å². The number of anilines is 3. The molecule has 0 radical (unpaired) electrons. The molecular weight excluding hydrogens is 328 g/mol. The van der Waals surface area contributed by atoms with E-state index in [0.717, 1.165) is 17.9 Å². The van der Waals surface area contributed by atoms with Gasteiger partial charge in [0.15, 0.2) is 11.6 Å². The van der Waals surface area contributed by atoms with Gasteiger partial charge in [-0.3, -0.25) is 4.72 Å². The number of hydrogen-bond donors (Lipinski definition) is 2. The number of rotatable bonds is 9. The number of ether oxygens (including phenoxy) is 1. The van der Waals surface area contributed by atoms with Gasteiger partial charge in [0, 0.05) is 5.69 Å². The van der Waals surface area contributed by atoms with Crippen molar-refractivity contribution in [2.45, 2.75) is 26.7 Å². The predicted molar refractivity (Wildman–Crippen MR) is 95.2 cm³/mol. The predicted octanol–water partition coefficient (Wildman–Crippen LogP) is 3.16. The molecule has 0 unspecified atom stereocenters. The molecule has 0 amide bonds. The normalized spacial score (nSPS) is 11.1. The quantitative estimate of drug-likeness (QED) is 0.721. The average Bonchev–Trinajstić information content (AvgIpc) is 2.57. The summed E-state index contributed by atoms with van der Waals surface area (Å²) in [5.41, 5.74) is 0.837. The van der Waals surface area contributed by atoms with Crippen molar-refractivity contribution in [3.8, 4) is 5.75 Å². The summed E-state index contributed by atoms with van der Waals surface area (Å²) in [7, 11) is -3.37.